The van der Waals surface area contributed by atoms with Crippen molar-refractivity contribution in [2.45, 2.75) is 41.0 Å². The summed E-state index contributed by atoms with van der Waals surface area (Å²) in [6, 6.07) is 22.3. The van der Waals surface area contributed by atoms with Crippen molar-refractivity contribution in [2.75, 3.05) is 0 Å². The number of rotatable bonds is 2. The minimum absolute atomic E-state index is 0.876. The van der Waals surface area contributed by atoms with Crippen molar-refractivity contribution in [1.29, 1.82) is 0 Å². The van der Waals surface area contributed by atoms with Gasteiger partial charge in [-0.3, -0.25) is 4.98 Å². The number of pyridine rings is 1. The molecule has 3 heteroatoms. The van der Waals surface area contributed by atoms with Crippen molar-refractivity contribution >= 4 is 11.0 Å². The molecule has 34 heavy (non-hydrogen) atoms. The molecule has 3 nitrogen and oxygen atoms in total. The highest BCUT2D eigenvalue weighted by Crippen LogP contribution is 2.41. The predicted octanol–water partition coefficient (Wildman–Crippen LogP) is 6.63. The summed E-state index contributed by atoms with van der Waals surface area (Å²) in [4.78, 5) is 4.89. The molecule has 0 saturated carbocycles. The fourth-order valence-electron chi connectivity index (χ4n) is 6.01. The fraction of sp³-hybridized carbons (Fsp3) is 0.226. The van der Waals surface area contributed by atoms with Crippen molar-refractivity contribution in [3.63, 3.8) is 0 Å². The van der Waals surface area contributed by atoms with Gasteiger partial charge in [-0.15, -0.1) is 0 Å². The smallest absolute Gasteiger partial charge is 0.257 e. The Hall–Kier alpha value is -3.72. The number of hydrogen-bond donors (Lipinski definition) is 0. The van der Waals surface area contributed by atoms with Crippen LogP contribution in [-0.4, -0.2) is 9.55 Å². The summed E-state index contributed by atoms with van der Waals surface area (Å²) in [6.45, 7) is 10.9. The van der Waals surface area contributed by atoms with Gasteiger partial charge < -0.3 is 0 Å². The van der Waals surface area contributed by atoms with Crippen LogP contribution in [0.3, 0.4) is 0 Å². The van der Waals surface area contributed by atoms with Gasteiger partial charge in [0.2, 0.25) is 0 Å². The monoisotopic (exact) mass is 444 g/mol. The summed E-state index contributed by atoms with van der Waals surface area (Å²) >= 11 is 0. The minimum atomic E-state index is 0.876. The predicted molar refractivity (Wildman–Crippen MR) is 140 cm³/mol. The molecule has 1 aliphatic carbocycles. The second kappa shape index (κ2) is 7.39. The van der Waals surface area contributed by atoms with Crippen molar-refractivity contribution in [2.24, 2.45) is 7.05 Å². The van der Waals surface area contributed by atoms with Gasteiger partial charge in [0, 0.05) is 23.2 Å². The average Bonchev–Trinajstić information content (AvgIpc) is 3.28. The van der Waals surface area contributed by atoms with Gasteiger partial charge >= 0.3 is 0 Å². The van der Waals surface area contributed by atoms with Gasteiger partial charge in [0.1, 0.15) is 5.69 Å². The summed E-state index contributed by atoms with van der Waals surface area (Å²) in [7, 11) is 2.22. The zero-order chi connectivity index (χ0) is 23.7. The molecular formula is C31H30N3+. The average molecular weight is 445 g/mol. The largest absolute Gasteiger partial charge is 0.295 e. The second-order valence-corrected chi connectivity index (χ2v) is 9.86. The van der Waals surface area contributed by atoms with E-state index in [2.05, 4.69) is 111 Å². The zero-order valence-electron chi connectivity index (χ0n) is 20.8. The normalized spacial score (nSPS) is 12.3. The molecule has 2 heterocycles. The van der Waals surface area contributed by atoms with E-state index in [0.717, 1.165) is 12.1 Å². The summed E-state index contributed by atoms with van der Waals surface area (Å²) in [6.07, 6.45) is 0.876. The third-order valence-corrected chi connectivity index (χ3v) is 7.36. The summed E-state index contributed by atoms with van der Waals surface area (Å²) < 4.78 is 4.90. The van der Waals surface area contributed by atoms with Gasteiger partial charge in [0.15, 0.2) is 11.0 Å². The van der Waals surface area contributed by atoms with E-state index in [0.29, 0.717) is 0 Å². The lowest BCUT2D eigenvalue weighted by atomic mass is 10.0. The highest BCUT2D eigenvalue weighted by atomic mass is 15.2. The molecule has 0 bridgehead atoms. The molecule has 5 aromatic rings. The molecule has 0 unspecified atom stereocenters. The van der Waals surface area contributed by atoms with E-state index >= 15 is 0 Å². The summed E-state index contributed by atoms with van der Waals surface area (Å²) in [5.41, 5.74) is 16.5. The van der Waals surface area contributed by atoms with E-state index in [1.165, 1.54) is 72.7 Å². The van der Waals surface area contributed by atoms with Crippen molar-refractivity contribution < 1.29 is 4.57 Å². The van der Waals surface area contributed by atoms with Gasteiger partial charge in [-0.05, 0) is 81.1 Å². The molecule has 0 spiro atoms. The number of aryl methyl sites for hydroxylation is 6. The van der Waals surface area contributed by atoms with Gasteiger partial charge in [-0.2, -0.15) is 4.57 Å². The summed E-state index contributed by atoms with van der Waals surface area (Å²) in [5, 5.41) is 0. The fourth-order valence-corrected chi connectivity index (χ4v) is 6.01. The zero-order valence-corrected chi connectivity index (χ0v) is 20.8. The Labute approximate surface area is 201 Å². The molecule has 6 rings (SSSR count). The highest BCUT2D eigenvalue weighted by molar-refractivity contribution is 5.92. The Morgan fingerprint density at radius 3 is 2.21 bits per heavy atom. The molecule has 0 saturated heterocycles. The lowest BCUT2D eigenvalue weighted by Gasteiger charge is -2.12. The lowest BCUT2D eigenvalue weighted by Crippen LogP contribution is -2.31. The second-order valence-electron chi connectivity index (χ2n) is 9.86. The van der Waals surface area contributed by atoms with Gasteiger partial charge in [-0.1, -0.05) is 42.0 Å². The van der Waals surface area contributed by atoms with Crippen LogP contribution in [0.5, 0.6) is 0 Å². The van der Waals surface area contributed by atoms with Crippen molar-refractivity contribution in [3.05, 3.63) is 99.9 Å². The van der Waals surface area contributed by atoms with E-state index in [1.54, 1.807) is 0 Å². The number of benzene rings is 3. The molecule has 0 amide bonds. The van der Waals surface area contributed by atoms with Crippen LogP contribution in [0.1, 0.15) is 39.2 Å². The van der Waals surface area contributed by atoms with E-state index < -0.39 is 0 Å². The van der Waals surface area contributed by atoms with E-state index in [9.17, 15) is 0 Å². The molecular weight excluding hydrogens is 414 g/mol. The highest BCUT2D eigenvalue weighted by Gasteiger charge is 2.33. The van der Waals surface area contributed by atoms with Gasteiger partial charge in [0.05, 0.1) is 18.3 Å². The third kappa shape index (κ3) is 2.89. The lowest BCUT2D eigenvalue weighted by molar-refractivity contribution is -0.634. The van der Waals surface area contributed by atoms with Crippen LogP contribution in [0.15, 0.2) is 60.7 Å². The number of fused-ring (bicyclic) bond motifs is 5. The van der Waals surface area contributed by atoms with Crippen LogP contribution in [0.4, 0.5) is 0 Å². The Balaban J connectivity index is 1.76. The quantitative estimate of drug-likeness (QED) is 0.275. The first-order valence-corrected chi connectivity index (χ1v) is 12.0. The van der Waals surface area contributed by atoms with Crippen LogP contribution in [-0.2, 0) is 13.5 Å². The molecule has 0 N–H and O–H groups in total. The van der Waals surface area contributed by atoms with Crippen LogP contribution >= 0.6 is 0 Å². The maximum Gasteiger partial charge on any atom is 0.295 e. The molecule has 0 atom stereocenters. The Kier molecular flexibility index (Phi) is 4.54. The molecule has 1 aliphatic rings. The van der Waals surface area contributed by atoms with Gasteiger partial charge in [-0.25, -0.2) is 4.57 Å². The Morgan fingerprint density at radius 1 is 0.765 bits per heavy atom. The van der Waals surface area contributed by atoms with Crippen LogP contribution in [0.2, 0.25) is 0 Å². The third-order valence-electron chi connectivity index (χ3n) is 7.36. The molecule has 0 aliphatic heterocycles. The number of nitrogens with zero attached hydrogens (tertiary/aromatic N) is 3. The van der Waals surface area contributed by atoms with Crippen LogP contribution in [0.25, 0.3) is 39.2 Å². The first kappa shape index (κ1) is 20.9. The molecule has 0 radical (unpaired) electrons. The van der Waals surface area contributed by atoms with Crippen molar-refractivity contribution in [3.8, 4) is 28.2 Å². The van der Waals surface area contributed by atoms with E-state index in [-0.39, 0.29) is 0 Å². The van der Waals surface area contributed by atoms with E-state index in [4.69, 9.17) is 4.98 Å². The standard InChI is InChI=1S/C31H30N3/c1-18-15-20(3)29(21(4)16-18)34-28-14-13-24-25-12-11-22(5)32-27(25)17-26(24)30(28)33(6)31(34)23-10-8-7-9-19(23)2/h7-16H,17H2,1-6H3/q+1. The minimum Gasteiger partial charge on any atom is -0.257 e. The maximum absolute atomic E-state index is 4.89. The number of imidazole rings is 1. The first-order chi connectivity index (χ1) is 16.3. The number of hydrogen-bond acceptors (Lipinski definition) is 1. The van der Waals surface area contributed by atoms with E-state index in [1.807, 2.05) is 0 Å². The molecule has 3 aromatic carbocycles. The first-order valence-electron chi connectivity index (χ1n) is 12.0. The SMILES string of the molecule is Cc1cc(C)c(-n2c(-c3ccccc3C)[n+](C)c3c4c(ccc32)-c2ccc(C)nc2C4)c(C)c1. The maximum atomic E-state index is 4.89. The summed E-state index contributed by atoms with van der Waals surface area (Å²) in [5.74, 6) is 1.22. The van der Waals surface area contributed by atoms with Gasteiger partial charge in [0.25, 0.3) is 5.82 Å². The molecule has 168 valence electrons. The molecule has 2 aromatic heterocycles. The Morgan fingerprint density at radius 2 is 1.47 bits per heavy atom. The molecule has 0 fully saturated rings. The Bertz CT molecular complexity index is 1610. The van der Waals surface area contributed by atoms with Crippen LogP contribution < -0.4 is 4.57 Å². The topological polar surface area (TPSA) is 21.7 Å². The number of aromatic nitrogens is 3. The van der Waals surface area contributed by atoms with Crippen molar-refractivity contribution in [1.82, 2.24) is 9.55 Å². The van der Waals surface area contributed by atoms with Crippen LogP contribution in [0, 0.1) is 34.6 Å².